The molecule has 0 radical (unpaired) electrons. The Kier molecular flexibility index (Phi) is 5.40. The monoisotopic (exact) mass is 405 g/mol. The second kappa shape index (κ2) is 8.29. The van der Waals surface area contributed by atoms with Crippen molar-refractivity contribution in [2.45, 2.75) is 19.3 Å². The van der Waals surface area contributed by atoms with Gasteiger partial charge < -0.3 is 14.8 Å². The number of ether oxygens (including phenoxy) is 2. The van der Waals surface area contributed by atoms with Crippen molar-refractivity contribution in [3.05, 3.63) is 65.6 Å². The minimum absolute atomic E-state index is 0.123. The standard InChI is InChI=1S/C23H20FN3O3/c1-3-11-30-20-10-5-15(12-21(20)29-4-2)18-13-22(28)26-23-19(18)14-25-27(23)17-8-6-16(24)7-9-17/h1,5-10,12,14,18H,4,11,13H2,2H3,(H,26,28)/t18-/m0/s1. The molecule has 152 valence electrons. The molecule has 1 amide bonds. The molecule has 7 heteroatoms. The number of amides is 1. The number of rotatable bonds is 6. The highest BCUT2D eigenvalue weighted by Gasteiger charge is 2.31. The van der Waals surface area contributed by atoms with E-state index in [9.17, 15) is 9.18 Å². The van der Waals surface area contributed by atoms with Gasteiger partial charge in [-0.3, -0.25) is 4.79 Å². The van der Waals surface area contributed by atoms with E-state index in [1.165, 1.54) is 12.1 Å². The van der Waals surface area contributed by atoms with Crippen LogP contribution in [0.1, 0.15) is 30.4 Å². The van der Waals surface area contributed by atoms with Gasteiger partial charge in [-0.2, -0.15) is 5.10 Å². The Morgan fingerprint density at radius 3 is 2.77 bits per heavy atom. The van der Waals surface area contributed by atoms with Crippen molar-refractivity contribution in [3.63, 3.8) is 0 Å². The van der Waals surface area contributed by atoms with Crippen LogP contribution in [0.25, 0.3) is 5.69 Å². The molecule has 30 heavy (non-hydrogen) atoms. The number of aromatic nitrogens is 2. The molecule has 1 aliphatic rings. The SMILES string of the molecule is C#CCOc1ccc([C@@H]2CC(=O)Nc3c2cnn3-c2ccc(F)cc2)cc1OCC. The zero-order valence-electron chi connectivity index (χ0n) is 16.4. The van der Waals surface area contributed by atoms with E-state index in [0.29, 0.717) is 29.6 Å². The number of terminal acetylenes is 1. The van der Waals surface area contributed by atoms with Gasteiger partial charge in [-0.1, -0.05) is 12.0 Å². The number of halogens is 1. The van der Waals surface area contributed by atoms with Crippen LogP contribution in [-0.4, -0.2) is 28.9 Å². The van der Waals surface area contributed by atoms with Crippen molar-refractivity contribution in [1.82, 2.24) is 9.78 Å². The van der Waals surface area contributed by atoms with E-state index >= 15 is 0 Å². The molecule has 0 saturated heterocycles. The Balaban J connectivity index is 1.73. The molecule has 6 nitrogen and oxygen atoms in total. The first kappa shape index (κ1) is 19.5. The Hall–Kier alpha value is -3.79. The average molecular weight is 405 g/mol. The maximum Gasteiger partial charge on any atom is 0.226 e. The first-order chi connectivity index (χ1) is 14.6. The molecule has 1 aliphatic heterocycles. The van der Waals surface area contributed by atoms with Gasteiger partial charge in [0.2, 0.25) is 5.91 Å². The van der Waals surface area contributed by atoms with Crippen LogP contribution in [0, 0.1) is 18.2 Å². The number of carbonyl (C=O) groups excluding carboxylic acids is 1. The van der Waals surface area contributed by atoms with Crippen LogP contribution in [0.15, 0.2) is 48.7 Å². The average Bonchev–Trinajstić information content (AvgIpc) is 3.16. The van der Waals surface area contributed by atoms with E-state index in [1.54, 1.807) is 29.1 Å². The van der Waals surface area contributed by atoms with Crippen molar-refractivity contribution in [2.75, 3.05) is 18.5 Å². The van der Waals surface area contributed by atoms with Crippen LogP contribution in [-0.2, 0) is 4.79 Å². The van der Waals surface area contributed by atoms with Crippen LogP contribution in [0.3, 0.4) is 0 Å². The first-order valence-corrected chi connectivity index (χ1v) is 9.57. The second-order valence-corrected chi connectivity index (χ2v) is 6.77. The molecule has 0 saturated carbocycles. The zero-order valence-corrected chi connectivity index (χ0v) is 16.4. The van der Waals surface area contributed by atoms with Crippen LogP contribution in [0.2, 0.25) is 0 Å². The van der Waals surface area contributed by atoms with Gasteiger partial charge in [-0.05, 0) is 48.9 Å². The summed E-state index contributed by atoms with van der Waals surface area (Å²) >= 11 is 0. The Labute approximate surface area is 173 Å². The summed E-state index contributed by atoms with van der Waals surface area (Å²) in [6, 6.07) is 11.5. The summed E-state index contributed by atoms with van der Waals surface area (Å²) < 4.78 is 26.2. The molecule has 0 bridgehead atoms. The quantitative estimate of drug-likeness (QED) is 0.632. The number of nitrogens with one attached hydrogen (secondary N) is 1. The Morgan fingerprint density at radius 1 is 1.23 bits per heavy atom. The molecule has 3 aromatic rings. The third-order valence-electron chi connectivity index (χ3n) is 4.87. The highest BCUT2D eigenvalue weighted by molar-refractivity contribution is 5.94. The Bertz CT molecular complexity index is 1120. The molecule has 0 unspecified atom stereocenters. The smallest absolute Gasteiger partial charge is 0.226 e. The number of anilines is 1. The fourth-order valence-corrected chi connectivity index (χ4v) is 3.54. The van der Waals surface area contributed by atoms with Gasteiger partial charge in [0, 0.05) is 17.9 Å². The maximum absolute atomic E-state index is 13.3. The summed E-state index contributed by atoms with van der Waals surface area (Å²) in [4.78, 5) is 12.5. The summed E-state index contributed by atoms with van der Waals surface area (Å²) in [6.45, 7) is 2.49. The van der Waals surface area contributed by atoms with Crippen LogP contribution in [0.4, 0.5) is 10.2 Å². The predicted octanol–water partition coefficient (Wildman–Crippen LogP) is 3.90. The molecular formula is C23H20FN3O3. The lowest BCUT2D eigenvalue weighted by molar-refractivity contribution is -0.116. The molecular weight excluding hydrogens is 385 g/mol. The minimum Gasteiger partial charge on any atom is -0.490 e. The highest BCUT2D eigenvalue weighted by atomic mass is 19.1. The second-order valence-electron chi connectivity index (χ2n) is 6.77. The van der Waals surface area contributed by atoms with Crippen molar-refractivity contribution < 1.29 is 18.7 Å². The maximum atomic E-state index is 13.3. The van der Waals surface area contributed by atoms with Crippen molar-refractivity contribution in [3.8, 4) is 29.5 Å². The Morgan fingerprint density at radius 2 is 2.03 bits per heavy atom. The summed E-state index contributed by atoms with van der Waals surface area (Å²) in [5.41, 5.74) is 2.44. The summed E-state index contributed by atoms with van der Waals surface area (Å²) in [5.74, 6) is 3.48. The molecule has 1 N–H and O–H groups in total. The zero-order chi connectivity index (χ0) is 21.1. The topological polar surface area (TPSA) is 65.4 Å². The fraction of sp³-hybridized carbons (Fsp3) is 0.217. The van der Waals surface area contributed by atoms with Crippen molar-refractivity contribution in [1.29, 1.82) is 0 Å². The number of benzene rings is 2. The van der Waals surface area contributed by atoms with Gasteiger partial charge in [0.05, 0.1) is 18.5 Å². The number of carbonyl (C=O) groups is 1. The predicted molar refractivity (Wildman–Crippen MR) is 111 cm³/mol. The number of fused-ring (bicyclic) bond motifs is 1. The lowest BCUT2D eigenvalue weighted by atomic mass is 9.87. The van der Waals surface area contributed by atoms with E-state index in [-0.39, 0.29) is 30.7 Å². The third-order valence-corrected chi connectivity index (χ3v) is 4.87. The van der Waals surface area contributed by atoms with E-state index in [4.69, 9.17) is 15.9 Å². The minimum atomic E-state index is -0.336. The molecule has 2 aromatic carbocycles. The largest absolute Gasteiger partial charge is 0.490 e. The lowest BCUT2D eigenvalue weighted by Crippen LogP contribution is -2.24. The molecule has 0 spiro atoms. The van der Waals surface area contributed by atoms with E-state index in [1.807, 2.05) is 19.1 Å². The van der Waals surface area contributed by atoms with Crippen molar-refractivity contribution >= 4 is 11.7 Å². The van der Waals surface area contributed by atoms with E-state index < -0.39 is 0 Å². The van der Waals surface area contributed by atoms with Gasteiger partial charge >= 0.3 is 0 Å². The third kappa shape index (κ3) is 3.72. The first-order valence-electron chi connectivity index (χ1n) is 9.57. The highest BCUT2D eigenvalue weighted by Crippen LogP contribution is 2.40. The number of hydrogen-bond acceptors (Lipinski definition) is 4. The molecule has 0 fully saturated rings. The number of hydrogen-bond donors (Lipinski definition) is 1. The molecule has 1 atom stereocenters. The summed E-state index contributed by atoms with van der Waals surface area (Å²) in [7, 11) is 0. The summed E-state index contributed by atoms with van der Waals surface area (Å²) in [5, 5.41) is 7.32. The van der Waals surface area contributed by atoms with Gasteiger partial charge in [-0.15, -0.1) is 6.42 Å². The van der Waals surface area contributed by atoms with E-state index in [0.717, 1.165) is 11.1 Å². The molecule has 4 rings (SSSR count). The summed E-state index contributed by atoms with van der Waals surface area (Å²) in [6.07, 6.45) is 7.29. The fourth-order valence-electron chi connectivity index (χ4n) is 3.54. The van der Waals surface area contributed by atoms with Crippen LogP contribution < -0.4 is 14.8 Å². The van der Waals surface area contributed by atoms with Gasteiger partial charge in [-0.25, -0.2) is 9.07 Å². The van der Waals surface area contributed by atoms with Crippen LogP contribution in [0.5, 0.6) is 11.5 Å². The van der Waals surface area contributed by atoms with Crippen LogP contribution >= 0.6 is 0 Å². The lowest BCUT2D eigenvalue weighted by Gasteiger charge is -2.24. The molecule has 0 aliphatic carbocycles. The number of nitrogens with zero attached hydrogens (tertiary/aromatic N) is 2. The van der Waals surface area contributed by atoms with Gasteiger partial charge in [0.15, 0.2) is 11.5 Å². The van der Waals surface area contributed by atoms with Gasteiger partial charge in [0.25, 0.3) is 0 Å². The molecule has 1 aromatic heterocycles. The van der Waals surface area contributed by atoms with Crippen molar-refractivity contribution in [2.24, 2.45) is 0 Å². The molecule has 2 heterocycles. The van der Waals surface area contributed by atoms with E-state index in [2.05, 4.69) is 16.3 Å². The van der Waals surface area contributed by atoms with Gasteiger partial charge in [0.1, 0.15) is 18.2 Å². The normalized spacial score (nSPS) is 15.1.